The fraction of sp³-hybridized carbons (Fsp3) is 0.556. The van der Waals surface area contributed by atoms with Crippen LogP contribution in [0, 0.1) is 17.6 Å². The summed E-state index contributed by atoms with van der Waals surface area (Å²) in [7, 11) is 0. The van der Waals surface area contributed by atoms with Gasteiger partial charge >= 0.3 is 6.36 Å². The van der Waals surface area contributed by atoms with Crippen molar-refractivity contribution in [3.63, 3.8) is 0 Å². The molecule has 6 heteroatoms. The molecular weight excluding hydrogens is 435 g/mol. The van der Waals surface area contributed by atoms with E-state index in [2.05, 4.69) is 11.7 Å². The summed E-state index contributed by atoms with van der Waals surface area (Å²) in [6, 6.07) is 8.75. The van der Waals surface area contributed by atoms with E-state index in [0.29, 0.717) is 29.9 Å². The lowest BCUT2D eigenvalue weighted by atomic mass is 9.77. The fourth-order valence-corrected chi connectivity index (χ4v) is 4.85. The van der Waals surface area contributed by atoms with Gasteiger partial charge in [-0.2, -0.15) is 0 Å². The number of alkyl halides is 3. The average Bonchev–Trinajstić information content (AvgIpc) is 2.77. The minimum Gasteiger partial charge on any atom is -0.403 e. The molecule has 0 saturated heterocycles. The van der Waals surface area contributed by atoms with Gasteiger partial charge in [0.25, 0.3) is 0 Å². The van der Waals surface area contributed by atoms with Gasteiger partial charge in [-0.1, -0.05) is 57.2 Å². The van der Waals surface area contributed by atoms with Gasteiger partial charge < -0.3 is 4.74 Å². The van der Waals surface area contributed by atoms with Crippen molar-refractivity contribution in [3.05, 3.63) is 64.7 Å². The molecule has 0 bridgehead atoms. The van der Waals surface area contributed by atoms with Crippen LogP contribution in [-0.4, -0.2) is 6.36 Å². The van der Waals surface area contributed by atoms with Gasteiger partial charge in [0.2, 0.25) is 0 Å². The van der Waals surface area contributed by atoms with E-state index in [4.69, 9.17) is 0 Å². The molecule has 1 aliphatic rings. The van der Waals surface area contributed by atoms with Crippen molar-refractivity contribution in [2.45, 2.75) is 89.8 Å². The Morgan fingerprint density at radius 2 is 1.61 bits per heavy atom. The third-order valence-electron chi connectivity index (χ3n) is 6.77. The second-order valence-corrected chi connectivity index (χ2v) is 9.23. The van der Waals surface area contributed by atoms with Crippen LogP contribution < -0.4 is 4.74 Å². The molecule has 0 amide bonds. The Hall–Kier alpha value is -2.11. The molecule has 0 aromatic heterocycles. The summed E-state index contributed by atoms with van der Waals surface area (Å²) in [5, 5.41) is 0. The molecule has 1 fully saturated rings. The third kappa shape index (κ3) is 8.01. The van der Waals surface area contributed by atoms with E-state index < -0.39 is 17.9 Å². The van der Waals surface area contributed by atoms with E-state index in [1.165, 1.54) is 51.0 Å². The van der Waals surface area contributed by atoms with Crippen LogP contribution in [0.4, 0.5) is 22.0 Å². The molecule has 0 aliphatic heterocycles. The van der Waals surface area contributed by atoms with Gasteiger partial charge in [-0.15, -0.1) is 13.2 Å². The second kappa shape index (κ2) is 11.8. The zero-order valence-electron chi connectivity index (χ0n) is 19.2. The monoisotopic (exact) mass is 468 g/mol. The molecule has 3 rings (SSSR count). The Bertz CT molecular complexity index is 885. The lowest BCUT2D eigenvalue weighted by Gasteiger charge is -2.29. The van der Waals surface area contributed by atoms with Crippen LogP contribution in [0.3, 0.4) is 0 Å². The largest absolute Gasteiger partial charge is 0.573 e. The summed E-state index contributed by atoms with van der Waals surface area (Å²) in [6.45, 7) is 2.23. The first-order valence-electron chi connectivity index (χ1n) is 12.1. The van der Waals surface area contributed by atoms with Gasteiger partial charge in [-0.05, 0) is 85.3 Å². The normalized spacial score (nSPS) is 19.0. The van der Waals surface area contributed by atoms with E-state index in [1.54, 1.807) is 12.1 Å². The Balaban J connectivity index is 1.50. The topological polar surface area (TPSA) is 9.23 Å². The molecule has 33 heavy (non-hydrogen) atoms. The molecule has 1 aliphatic carbocycles. The standard InChI is InChI=1S/C27H33F5O/c1-2-3-4-5-6-19-7-11-21(12-8-19)23-15-14-22(24(28)18-23)13-9-20-10-16-26(25(29)17-20)33-27(30,31)32/h10,14-19,21H,2-9,11-13H2,1H3. The van der Waals surface area contributed by atoms with Gasteiger partial charge in [0.15, 0.2) is 11.6 Å². The van der Waals surface area contributed by atoms with E-state index in [0.717, 1.165) is 36.5 Å². The van der Waals surface area contributed by atoms with Crippen molar-refractivity contribution in [1.29, 1.82) is 0 Å². The quantitative estimate of drug-likeness (QED) is 0.250. The first kappa shape index (κ1) is 25.5. The number of unbranched alkanes of at least 4 members (excludes halogenated alkanes) is 3. The fourth-order valence-electron chi connectivity index (χ4n) is 4.85. The molecule has 0 heterocycles. The Morgan fingerprint density at radius 3 is 2.24 bits per heavy atom. The number of hydrogen-bond acceptors (Lipinski definition) is 1. The zero-order valence-corrected chi connectivity index (χ0v) is 19.2. The SMILES string of the molecule is CCCCCCC1CCC(c2ccc(CCc3ccc(OC(F)(F)F)c(F)c3)c(F)c2)CC1. The second-order valence-electron chi connectivity index (χ2n) is 9.23. The van der Waals surface area contributed by atoms with E-state index in [1.807, 2.05) is 6.07 Å². The summed E-state index contributed by atoms with van der Waals surface area (Å²) in [4.78, 5) is 0. The van der Waals surface area contributed by atoms with Crippen molar-refractivity contribution in [2.75, 3.05) is 0 Å². The molecule has 182 valence electrons. The molecule has 0 N–H and O–H groups in total. The maximum absolute atomic E-state index is 14.7. The third-order valence-corrected chi connectivity index (χ3v) is 6.77. The summed E-state index contributed by atoms with van der Waals surface area (Å²) in [5.41, 5.74) is 2.06. The molecule has 1 nitrogen and oxygen atoms in total. The van der Waals surface area contributed by atoms with Crippen LogP contribution in [0.5, 0.6) is 5.75 Å². The van der Waals surface area contributed by atoms with Gasteiger partial charge in [-0.25, -0.2) is 8.78 Å². The number of benzene rings is 2. The van der Waals surface area contributed by atoms with Crippen molar-refractivity contribution < 1.29 is 26.7 Å². The highest BCUT2D eigenvalue weighted by atomic mass is 19.4. The summed E-state index contributed by atoms with van der Waals surface area (Å²) in [6.07, 6.45) is 6.85. The number of aryl methyl sites for hydroxylation is 2. The highest BCUT2D eigenvalue weighted by Crippen LogP contribution is 2.38. The number of rotatable bonds is 10. The predicted molar refractivity (Wildman–Crippen MR) is 120 cm³/mol. The van der Waals surface area contributed by atoms with E-state index in [-0.39, 0.29) is 5.82 Å². The Kier molecular flexibility index (Phi) is 9.16. The van der Waals surface area contributed by atoms with Crippen molar-refractivity contribution >= 4 is 0 Å². The molecule has 2 aromatic rings. The summed E-state index contributed by atoms with van der Waals surface area (Å²) in [5.74, 6) is -1.02. The van der Waals surface area contributed by atoms with Crippen LogP contribution in [0.2, 0.25) is 0 Å². The summed E-state index contributed by atoms with van der Waals surface area (Å²) >= 11 is 0. The molecule has 0 unspecified atom stereocenters. The molecule has 1 saturated carbocycles. The number of halogens is 5. The first-order chi connectivity index (χ1) is 15.7. The highest BCUT2D eigenvalue weighted by molar-refractivity contribution is 5.32. The Labute approximate surface area is 193 Å². The highest BCUT2D eigenvalue weighted by Gasteiger charge is 2.32. The predicted octanol–water partition coefficient (Wildman–Crippen LogP) is 8.89. The summed E-state index contributed by atoms with van der Waals surface area (Å²) < 4.78 is 69.1. The van der Waals surface area contributed by atoms with Gasteiger partial charge in [0.1, 0.15) is 5.82 Å². The number of hydrogen-bond donors (Lipinski definition) is 0. The van der Waals surface area contributed by atoms with Gasteiger partial charge in [-0.3, -0.25) is 0 Å². The number of ether oxygens (including phenoxy) is 1. The van der Waals surface area contributed by atoms with E-state index in [9.17, 15) is 22.0 Å². The Morgan fingerprint density at radius 1 is 0.848 bits per heavy atom. The minimum absolute atomic E-state index is 0.272. The van der Waals surface area contributed by atoms with Crippen LogP contribution in [0.25, 0.3) is 0 Å². The van der Waals surface area contributed by atoms with Crippen molar-refractivity contribution in [3.8, 4) is 5.75 Å². The van der Waals surface area contributed by atoms with Crippen molar-refractivity contribution in [2.24, 2.45) is 5.92 Å². The molecule has 0 spiro atoms. The van der Waals surface area contributed by atoms with Crippen LogP contribution in [0.15, 0.2) is 36.4 Å². The van der Waals surface area contributed by atoms with Gasteiger partial charge in [0, 0.05) is 0 Å². The van der Waals surface area contributed by atoms with Crippen molar-refractivity contribution in [1.82, 2.24) is 0 Å². The maximum atomic E-state index is 14.7. The maximum Gasteiger partial charge on any atom is 0.573 e. The minimum atomic E-state index is -4.94. The van der Waals surface area contributed by atoms with Crippen LogP contribution in [-0.2, 0) is 12.8 Å². The zero-order chi connectivity index (χ0) is 23.8. The van der Waals surface area contributed by atoms with Gasteiger partial charge in [0.05, 0.1) is 0 Å². The average molecular weight is 469 g/mol. The van der Waals surface area contributed by atoms with E-state index >= 15 is 0 Å². The molecule has 2 aromatic carbocycles. The van der Waals surface area contributed by atoms with Crippen LogP contribution in [0.1, 0.15) is 87.3 Å². The van der Waals surface area contributed by atoms with Crippen LogP contribution >= 0.6 is 0 Å². The lowest BCUT2D eigenvalue weighted by molar-refractivity contribution is -0.275. The molecular formula is C27H33F5O. The smallest absolute Gasteiger partial charge is 0.403 e. The first-order valence-corrected chi connectivity index (χ1v) is 12.1. The molecule has 0 atom stereocenters. The molecule has 0 radical (unpaired) electrons. The lowest BCUT2D eigenvalue weighted by Crippen LogP contribution is -2.18.